The van der Waals surface area contributed by atoms with Crippen LogP contribution in [0.15, 0.2) is 52.9 Å². The second kappa shape index (κ2) is 9.78. The van der Waals surface area contributed by atoms with Crippen LogP contribution in [0.25, 0.3) is 10.6 Å². The number of benzene rings is 1. The fraction of sp³-hybridized carbons (Fsp3) is 0.333. The van der Waals surface area contributed by atoms with E-state index in [1.54, 1.807) is 11.3 Å². The summed E-state index contributed by atoms with van der Waals surface area (Å²) in [6.07, 6.45) is 6.57. The van der Waals surface area contributed by atoms with Crippen LogP contribution < -0.4 is 10.6 Å². The summed E-state index contributed by atoms with van der Waals surface area (Å²) >= 11 is 1.67. The number of aromatic nitrogens is 1. The molecule has 0 fully saturated rings. The number of hydrogen-bond donors (Lipinski definition) is 2. The van der Waals surface area contributed by atoms with Crippen LogP contribution in [0.4, 0.5) is 0 Å². The van der Waals surface area contributed by atoms with Gasteiger partial charge in [-0.25, -0.2) is 9.98 Å². The maximum atomic E-state index is 4.69. The first kappa shape index (κ1) is 18.9. The molecule has 6 heteroatoms. The van der Waals surface area contributed by atoms with Gasteiger partial charge in [0, 0.05) is 23.5 Å². The Morgan fingerprint density at radius 1 is 1.25 bits per heavy atom. The van der Waals surface area contributed by atoms with Crippen molar-refractivity contribution in [3.05, 3.63) is 53.6 Å². The van der Waals surface area contributed by atoms with Gasteiger partial charge in [-0.1, -0.05) is 42.5 Å². The van der Waals surface area contributed by atoms with Gasteiger partial charge in [-0.3, -0.25) is 0 Å². The molecular formula is C18H23IN4S. The number of aliphatic imine (C=N–C) groups is 1. The zero-order chi connectivity index (χ0) is 15.9. The van der Waals surface area contributed by atoms with E-state index in [-0.39, 0.29) is 24.0 Å². The van der Waals surface area contributed by atoms with E-state index in [1.807, 2.05) is 18.2 Å². The number of nitrogens with zero attached hydrogens (tertiary/aromatic N) is 2. The molecule has 0 aliphatic heterocycles. The molecule has 1 aromatic heterocycles. The molecule has 1 aliphatic carbocycles. The Bertz CT molecular complexity index is 673. The zero-order valence-electron chi connectivity index (χ0n) is 13.7. The lowest BCUT2D eigenvalue weighted by molar-refractivity contribution is 0.633. The van der Waals surface area contributed by atoms with E-state index in [9.17, 15) is 0 Å². The summed E-state index contributed by atoms with van der Waals surface area (Å²) in [6, 6.07) is 10.7. The molecule has 0 unspecified atom stereocenters. The molecule has 0 saturated heterocycles. The van der Waals surface area contributed by atoms with Crippen molar-refractivity contribution < 1.29 is 0 Å². The van der Waals surface area contributed by atoms with E-state index in [1.165, 1.54) is 0 Å². The summed E-state index contributed by atoms with van der Waals surface area (Å²) in [4.78, 5) is 9.35. The predicted octanol–water partition coefficient (Wildman–Crippen LogP) is 4.20. The Balaban J connectivity index is 0.00000208. The highest BCUT2D eigenvalue weighted by Crippen LogP contribution is 2.23. The number of guanidine groups is 1. The molecule has 4 nitrogen and oxygen atoms in total. The topological polar surface area (TPSA) is 49.3 Å². The zero-order valence-corrected chi connectivity index (χ0v) is 16.9. The maximum absolute atomic E-state index is 4.69. The van der Waals surface area contributed by atoms with Crippen molar-refractivity contribution >= 4 is 41.3 Å². The van der Waals surface area contributed by atoms with Gasteiger partial charge in [-0.15, -0.1) is 35.3 Å². The van der Waals surface area contributed by atoms with Crippen molar-refractivity contribution in [2.24, 2.45) is 4.99 Å². The molecular weight excluding hydrogens is 431 g/mol. The fourth-order valence-corrected chi connectivity index (χ4v) is 3.32. The van der Waals surface area contributed by atoms with E-state index >= 15 is 0 Å². The second-order valence-electron chi connectivity index (χ2n) is 5.49. The van der Waals surface area contributed by atoms with E-state index < -0.39 is 0 Å². The highest BCUT2D eigenvalue weighted by molar-refractivity contribution is 14.0. The summed E-state index contributed by atoms with van der Waals surface area (Å²) in [6.45, 7) is 3.54. The molecule has 0 saturated carbocycles. The summed E-state index contributed by atoms with van der Waals surface area (Å²) in [7, 11) is 0. The Morgan fingerprint density at radius 3 is 2.71 bits per heavy atom. The van der Waals surface area contributed by atoms with Crippen LogP contribution in [0.2, 0.25) is 0 Å². The van der Waals surface area contributed by atoms with Gasteiger partial charge in [0.15, 0.2) is 5.96 Å². The van der Waals surface area contributed by atoms with Gasteiger partial charge in [0.1, 0.15) is 5.01 Å². The van der Waals surface area contributed by atoms with Crippen LogP contribution in [0.5, 0.6) is 0 Å². The third-order valence-corrected chi connectivity index (χ3v) is 4.60. The summed E-state index contributed by atoms with van der Waals surface area (Å²) in [5, 5.41) is 9.92. The third kappa shape index (κ3) is 5.31. The number of hydrogen-bond acceptors (Lipinski definition) is 3. The molecule has 24 heavy (non-hydrogen) atoms. The molecule has 0 bridgehead atoms. The lowest BCUT2D eigenvalue weighted by Crippen LogP contribution is -2.42. The minimum atomic E-state index is 0. The van der Waals surface area contributed by atoms with Crippen LogP contribution in [-0.4, -0.2) is 23.5 Å². The SMILES string of the molecule is CCNC(=NCc1csc(-c2ccccc2)n1)NC1CC=CC1.I. The van der Waals surface area contributed by atoms with Gasteiger partial charge in [0.05, 0.1) is 12.2 Å². The number of halogens is 1. The summed E-state index contributed by atoms with van der Waals surface area (Å²) in [5.41, 5.74) is 2.17. The largest absolute Gasteiger partial charge is 0.357 e. The molecule has 0 atom stereocenters. The van der Waals surface area contributed by atoms with Gasteiger partial charge < -0.3 is 10.6 Å². The maximum Gasteiger partial charge on any atom is 0.191 e. The Kier molecular flexibility index (Phi) is 7.71. The number of thiazole rings is 1. The summed E-state index contributed by atoms with van der Waals surface area (Å²) in [5.74, 6) is 0.871. The standard InChI is InChI=1S/C18H22N4S.HI/c1-2-19-18(22-15-10-6-7-11-15)20-12-16-13-23-17(21-16)14-8-4-3-5-9-14;/h3-9,13,15H,2,10-12H2,1H3,(H2,19,20,22);1H. The molecule has 0 radical (unpaired) electrons. The van der Waals surface area contributed by atoms with Crippen LogP contribution in [0.3, 0.4) is 0 Å². The minimum Gasteiger partial charge on any atom is -0.357 e. The molecule has 2 aromatic rings. The molecule has 128 valence electrons. The van der Waals surface area contributed by atoms with E-state index in [4.69, 9.17) is 0 Å². The number of nitrogens with one attached hydrogen (secondary N) is 2. The minimum absolute atomic E-state index is 0. The fourth-order valence-electron chi connectivity index (χ4n) is 2.50. The van der Waals surface area contributed by atoms with Crippen molar-refractivity contribution in [2.75, 3.05) is 6.54 Å². The van der Waals surface area contributed by atoms with Crippen LogP contribution >= 0.6 is 35.3 Å². The third-order valence-electron chi connectivity index (χ3n) is 3.66. The number of rotatable bonds is 5. The normalized spacial score (nSPS) is 14.5. The molecule has 3 rings (SSSR count). The first-order valence-electron chi connectivity index (χ1n) is 8.05. The van der Waals surface area contributed by atoms with Crippen molar-refractivity contribution in [1.29, 1.82) is 0 Å². The first-order chi connectivity index (χ1) is 11.3. The highest BCUT2D eigenvalue weighted by Gasteiger charge is 2.11. The Labute approximate surface area is 164 Å². The van der Waals surface area contributed by atoms with E-state index in [2.05, 4.69) is 57.2 Å². The van der Waals surface area contributed by atoms with Gasteiger partial charge >= 0.3 is 0 Å². The Morgan fingerprint density at radius 2 is 2.00 bits per heavy atom. The van der Waals surface area contributed by atoms with Crippen molar-refractivity contribution in [2.45, 2.75) is 32.4 Å². The van der Waals surface area contributed by atoms with Gasteiger partial charge in [0.2, 0.25) is 0 Å². The Hall–Kier alpha value is -1.41. The second-order valence-corrected chi connectivity index (χ2v) is 6.35. The predicted molar refractivity (Wildman–Crippen MR) is 113 cm³/mol. The monoisotopic (exact) mass is 454 g/mol. The molecule has 1 aliphatic rings. The van der Waals surface area contributed by atoms with Crippen molar-refractivity contribution in [3.8, 4) is 10.6 Å². The quantitative estimate of drug-likeness (QED) is 0.308. The van der Waals surface area contributed by atoms with Crippen molar-refractivity contribution in [1.82, 2.24) is 15.6 Å². The average molecular weight is 454 g/mol. The van der Waals surface area contributed by atoms with Gasteiger partial charge in [-0.05, 0) is 19.8 Å². The molecule has 0 amide bonds. The van der Waals surface area contributed by atoms with E-state index in [0.29, 0.717) is 12.6 Å². The molecule has 2 N–H and O–H groups in total. The smallest absolute Gasteiger partial charge is 0.191 e. The van der Waals surface area contributed by atoms with Crippen LogP contribution in [0.1, 0.15) is 25.5 Å². The lowest BCUT2D eigenvalue weighted by atomic mass is 10.2. The van der Waals surface area contributed by atoms with Gasteiger partial charge in [-0.2, -0.15) is 0 Å². The lowest BCUT2D eigenvalue weighted by Gasteiger charge is -2.16. The summed E-state index contributed by atoms with van der Waals surface area (Å²) < 4.78 is 0. The van der Waals surface area contributed by atoms with Crippen molar-refractivity contribution in [3.63, 3.8) is 0 Å². The highest BCUT2D eigenvalue weighted by atomic mass is 127. The first-order valence-corrected chi connectivity index (χ1v) is 8.93. The molecule has 1 heterocycles. The van der Waals surface area contributed by atoms with Crippen LogP contribution in [0, 0.1) is 0 Å². The molecule has 0 spiro atoms. The van der Waals surface area contributed by atoms with Gasteiger partial charge in [0.25, 0.3) is 0 Å². The molecule has 1 aromatic carbocycles. The average Bonchev–Trinajstić information content (AvgIpc) is 3.25. The van der Waals surface area contributed by atoms with E-state index in [0.717, 1.165) is 41.6 Å². The van der Waals surface area contributed by atoms with Crippen LogP contribution in [-0.2, 0) is 6.54 Å².